The number of hydrogen-bond donors (Lipinski definition) is 2. The van der Waals surface area contributed by atoms with E-state index >= 15 is 0 Å². The second-order valence-electron chi connectivity index (χ2n) is 3.14. The molecule has 1 unspecified atom stereocenters. The molecule has 0 radical (unpaired) electrons. The third-order valence-corrected chi connectivity index (χ3v) is 3.99. The van der Waals surface area contributed by atoms with Crippen LogP contribution in [0.4, 0.5) is 0 Å². The van der Waals surface area contributed by atoms with Gasteiger partial charge < -0.3 is 10.4 Å². The molecule has 0 fully saturated rings. The van der Waals surface area contributed by atoms with E-state index < -0.39 is 0 Å². The number of nitrogens with one attached hydrogen (secondary N) is 1. The molecule has 0 aliphatic heterocycles. The highest BCUT2D eigenvalue weighted by atomic mass is 32.2. The zero-order valence-corrected chi connectivity index (χ0v) is 10.7. The lowest BCUT2D eigenvalue weighted by molar-refractivity contribution is 0.246. The summed E-state index contributed by atoms with van der Waals surface area (Å²) in [6, 6.07) is 0.191. The van der Waals surface area contributed by atoms with E-state index in [4.69, 9.17) is 5.11 Å². The fourth-order valence-corrected chi connectivity index (χ4v) is 2.87. The summed E-state index contributed by atoms with van der Waals surface area (Å²) in [5.74, 6) is 1.89. The monoisotopic (exact) mass is 247 g/mol. The standard InChI is InChI=1S/C9H17N3OS2/c1-3-8-11-9(15-12-8)14-5-4-7(6-13)10-2/h7,10,13H,3-6H2,1-2H3. The van der Waals surface area contributed by atoms with Gasteiger partial charge in [0.2, 0.25) is 0 Å². The minimum absolute atomic E-state index is 0.188. The molecule has 0 aliphatic rings. The number of rotatable bonds is 7. The Morgan fingerprint density at radius 1 is 1.60 bits per heavy atom. The largest absolute Gasteiger partial charge is 0.395 e. The average Bonchev–Trinajstić information content (AvgIpc) is 2.72. The average molecular weight is 247 g/mol. The van der Waals surface area contributed by atoms with Crippen LogP contribution in [-0.2, 0) is 6.42 Å². The minimum atomic E-state index is 0.188. The number of likely N-dealkylation sites (N-methyl/N-ethyl adjacent to an activating group) is 1. The van der Waals surface area contributed by atoms with Gasteiger partial charge in [0, 0.05) is 18.2 Å². The Kier molecular flexibility index (Phi) is 6.16. The summed E-state index contributed by atoms with van der Waals surface area (Å²) in [5.41, 5.74) is 0. The van der Waals surface area contributed by atoms with Gasteiger partial charge >= 0.3 is 0 Å². The summed E-state index contributed by atoms with van der Waals surface area (Å²) < 4.78 is 5.24. The first-order chi connectivity index (χ1) is 7.30. The summed E-state index contributed by atoms with van der Waals surface area (Å²) in [5, 5.41) is 12.0. The highest BCUT2D eigenvalue weighted by molar-refractivity contribution is 8.00. The van der Waals surface area contributed by atoms with Crippen LogP contribution in [0.3, 0.4) is 0 Å². The van der Waals surface area contributed by atoms with Crippen molar-refractivity contribution in [2.75, 3.05) is 19.4 Å². The Bertz CT molecular complexity index is 276. The van der Waals surface area contributed by atoms with E-state index in [1.54, 1.807) is 11.8 Å². The van der Waals surface area contributed by atoms with Crippen molar-refractivity contribution in [1.82, 2.24) is 14.7 Å². The molecular weight excluding hydrogens is 230 g/mol. The topological polar surface area (TPSA) is 58.0 Å². The van der Waals surface area contributed by atoms with Gasteiger partial charge in [-0.15, -0.1) is 0 Å². The molecule has 1 heterocycles. The molecule has 0 saturated carbocycles. The van der Waals surface area contributed by atoms with Crippen LogP contribution in [-0.4, -0.2) is 39.9 Å². The second kappa shape index (κ2) is 7.16. The highest BCUT2D eigenvalue weighted by Crippen LogP contribution is 2.21. The van der Waals surface area contributed by atoms with E-state index in [1.807, 2.05) is 7.05 Å². The summed E-state index contributed by atoms with van der Waals surface area (Å²) in [4.78, 5) is 4.36. The van der Waals surface area contributed by atoms with Gasteiger partial charge in [-0.1, -0.05) is 18.7 Å². The fourth-order valence-electron chi connectivity index (χ4n) is 1.06. The van der Waals surface area contributed by atoms with Gasteiger partial charge in [0.1, 0.15) is 5.82 Å². The van der Waals surface area contributed by atoms with Gasteiger partial charge in [-0.3, -0.25) is 0 Å². The molecule has 15 heavy (non-hydrogen) atoms. The van der Waals surface area contributed by atoms with Crippen LogP contribution in [0.15, 0.2) is 4.34 Å². The molecule has 0 aliphatic carbocycles. The van der Waals surface area contributed by atoms with Crippen LogP contribution in [0, 0.1) is 0 Å². The number of aromatic nitrogens is 2. The van der Waals surface area contributed by atoms with E-state index in [1.165, 1.54) is 11.5 Å². The lowest BCUT2D eigenvalue weighted by Gasteiger charge is -2.11. The lowest BCUT2D eigenvalue weighted by Crippen LogP contribution is -2.29. The minimum Gasteiger partial charge on any atom is -0.395 e. The number of aliphatic hydroxyl groups is 1. The molecule has 0 bridgehead atoms. The van der Waals surface area contributed by atoms with Crippen molar-refractivity contribution in [3.05, 3.63) is 5.82 Å². The van der Waals surface area contributed by atoms with E-state index in [0.717, 1.165) is 28.8 Å². The number of aryl methyl sites for hydroxylation is 1. The Morgan fingerprint density at radius 2 is 2.40 bits per heavy atom. The molecule has 4 nitrogen and oxygen atoms in total. The van der Waals surface area contributed by atoms with Gasteiger partial charge in [0.15, 0.2) is 4.34 Å². The van der Waals surface area contributed by atoms with Crippen LogP contribution < -0.4 is 5.32 Å². The van der Waals surface area contributed by atoms with E-state index in [0.29, 0.717) is 0 Å². The van der Waals surface area contributed by atoms with E-state index in [9.17, 15) is 0 Å². The van der Waals surface area contributed by atoms with Gasteiger partial charge in [0.25, 0.3) is 0 Å². The summed E-state index contributed by atoms with van der Waals surface area (Å²) in [6.07, 6.45) is 1.84. The maximum Gasteiger partial charge on any atom is 0.170 e. The Balaban J connectivity index is 2.25. The number of thioether (sulfide) groups is 1. The quantitative estimate of drug-likeness (QED) is 0.708. The predicted molar refractivity (Wildman–Crippen MR) is 64.6 cm³/mol. The van der Waals surface area contributed by atoms with Crippen LogP contribution in [0.25, 0.3) is 0 Å². The maximum atomic E-state index is 8.97. The molecule has 0 aromatic carbocycles. The van der Waals surface area contributed by atoms with Crippen molar-refractivity contribution in [2.24, 2.45) is 0 Å². The lowest BCUT2D eigenvalue weighted by atomic mass is 10.2. The van der Waals surface area contributed by atoms with E-state index in [2.05, 4.69) is 21.6 Å². The third kappa shape index (κ3) is 4.46. The van der Waals surface area contributed by atoms with Crippen molar-refractivity contribution in [2.45, 2.75) is 30.1 Å². The van der Waals surface area contributed by atoms with Crippen LogP contribution in [0.2, 0.25) is 0 Å². The SMILES string of the molecule is CCc1nsc(SCCC(CO)NC)n1. The Labute approximate surface area is 98.7 Å². The van der Waals surface area contributed by atoms with Crippen molar-refractivity contribution in [3.8, 4) is 0 Å². The smallest absolute Gasteiger partial charge is 0.170 e. The van der Waals surface area contributed by atoms with Gasteiger partial charge in [-0.2, -0.15) is 4.37 Å². The highest BCUT2D eigenvalue weighted by Gasteiger charge is 2.06. The first-order valence-corrected chi connectivity index (χ1v) is 6.79. The fraction of sp³-hybridized carbons (Fsp3) is 0.778. The summed E-state index contributed by atoms with van der Waals surface area (Å²) in [7, 11) is 1.87. The molecule has 1 aromatic rings. The maximum absolute atomic E-state index is 8.97. The van der Waals surface area contributed by atoms with Crippen molar-refractivity contribution < 1.29 is 5.11 Å². The van der Waals surface area contributed by atoms with Crippen LogP contribution >= 0.6 is 23.3 Å². The molecule has 2 N–H and O–H groups in total. The van der Waals surface area contributed by atoms with Crippen molar-refractivity contribution in [1.29, 1.82) is 0 Å². The van der Waals surface area contributed by atoms with Crippen molar-refractivity contribution in [3.63, 3.8) is 0 Å². The van der Waals surface area contributed by atoms with Gasteiger partial charge in [-0.25, -0.2) is 4.98 Å². The normalized spacial score (nSPS) is 13.0. The zero-order chi connectivity index (χ0) is 11.1. The van der Waals surface area contributed by atoms with E-state index in [-0.39, 0.29) is 12.6 Å². The summed E-state index contributed by atoms with van der Waals surface area (Å²) in [6.45, 7) is 2.24. The summed E-state index contributed by atoms with van der Waals surface area (Å²) >= 11 is 3.17. The third-order valence-electron chi connectivity index (χ3n) is 2.09. The second-order valence-corrected chi connectivity index (χ2v) is 5.23. The zero-order valence-electron chi connectivity index (χ0n) is 9.06. The Morgan fingerprint density at radius 3 is 2.93 bits per heavy atom. The molecule has 0 saturated heterocycles. The molecule has 0 spiro atoms. The molecule has 1 aromatic heterocycles. The van der Waals surface area contributed by atoms with Crippen molar-refractivity contribution >= 4 is 23.3 Å². The first-order valence-electron chi connectivity index (χ1n) is 5.03. The number of nitrogens with zero attached hydrogens (tertiary/aromatic N) is 2. The Hall–Kier alpha value is -0.170. The number of hydrogen-bond acceptors (Lipinski definition) is 6. The molecule has 0 amide bonds. The predicted octanol–water partition coefficient (Wildman–Crippen LogP) is 1.16. The molecular formula is C9H17N3OS2. The molecule has 1 atom stereocenters. The number of aliphatic hydroxyl groups excluding tert-OH is 1. The van der Waals surface area contributed by atoms with Gasteiger partial charge in [0.05, 0.1) is 6.61 Å². The van der Waals surface area contributed by atoms with Crippen LogP contribution in [0.1, 0.15) is 19.2 Å². The molecule has 6 heteroatoms. The molecule has 1 rings (SSSR count). The van der Waals surface area contributed by atoms with Gasteiger partial charge in [-0.05, 0) is 25.0 Å². The van der Waals surface area contributed by atoms with Crippen LogP contribution in [0.5, 0.6) is 0 Å². The first kappa shape index (κ1) is 12.9. The molecule has 86 valence electrons.